The number of amides is 3. The molecule has 0 aromatic heterocycles. The summed E-state index contributed by atoms with van der Waals surface area (Å²) in [6.45, 7) is 4.04. The van der Waals surface area contributed by atoms with E-state index in [-0.39, 0.29) is 52.7 Å². The molecule has 0 atom stereocenters. The first kappa shape index (κ1) is 29.6. The Bertz CT molecular complexity index is 1810. The molecule has 4 aromatic rings. The summed E-state index contributed by atoms with van der Waals surface area (Å²) >= 11 is 0. The van der Waals surface area contributed by atoms with Crippen molar-refractivity contribution in [1.29, 1.82) is 0 Å². The minimum atomic E-state index is -4.22. The molecule has 1 aliphatic rings. The largest absolute Gasteiger partial charge is 0.492 e. The molecule has 3 amide bonds. The van der Waals surface area contributed by atoms with Crippen molar-refractivity contribution in [3.8, 4) is 11.5 Å². The number of carbonyl (C=O) groups excluding carboxylic acids is 3. The molecule has 0 fully saturated rings. The monoisotopic (exact) mass is 608 g/mol. The number of imide groups is 1. The minimum absolute atomic E-state index is 0.0816. The molecule has 43 heavy (non-hydrogen) atoms. The third-order valence-corrected chi connectivity index (χ3v) is 7.96. The SMILES string of the molecule is CCOc1c2c(c(OCC)c3ccccc13)C(=O)N(c1ccc(CS(=O)(=O)NC(=O)Cc3cc(F)ccc3F)cc1)C2=O. The van der Waals surface area contributed by atoms with Gasteiger partial charge in [-0.05, 0) is 49.7 Å². The van der Waals surface area contributed by atoms with Gasteiger partial charge in [-0.3, -0.25) is 19.1 Å². The van der Waals surface area contributed by atoms with Crippen LogP contribution in [0.2, 0.25) is 0 Å². The Morgan fingerprint density at radius 1 is 0.837 bits per heavy atom. The van der Waals surface area contributed by atoms with Gasteiger partial charge in [0.15, 0.2) is 0 Å². The van der Waals surface area contributed by atoms with Gasteiger partial charge in [-0.15, -0.1) is 0 Å². The summed E-state index contributed by atoms with van der Waals surface area (Å²) in [6.07, 6.45) is -0.677. The summed E-state index contributed by atoms with van der Waals surface area (Å²) in [5, 5.41) is 1.24. The van der Waals surface area contributed by atoms with Crippen LogP contribution in [0.1, 0.15) is 45.7 Å². The van der Waals surface area contributed by atoms with Gasteiger partial charge in [-0.1, -0.05) is 36.4 Å². The number of benzene rings is 4. The zero-order valence-corrected chi connectivity index (χ0v) is 24.0. The van der Waals surface area contributed by atoms with E-state index in [4.69, 9.17) is 9.47 Å². The number of sulfonamides is 1. The highest BCUT2D eigenvalue weighted by atomic mass is 32.2. The number of hydrogen-bond acceptors (Lipinski definition) is 7. The fraction of sp³-hybridized carbons (Fsp3) is 0.194. The number of rotatable bonds is 10. The van der Waals surface area contributed by atoms with E-state index in [9.17, 15) is 31.6 Å². The van der Waals surface area contributed by atoms with E-state index in [1.807, 2.05) is 4.72 Å². The van der Waals surface area contributed by atoms with E-state index >= 15 is 0 Å². The van der Waals surface area contributed by atoms with Crippen molar-refractivity contribution in [3.63, 3.8) is 0 Å². The van der Waals surface area contributed by atoms with Crippen LogP contribution in [0, 0.1) is 11.6 Å². The van der Waals surface area contributed by atoms with E-state index in [1.165, 1.54) is 24.3 Å². The van der Waals surface area contributed by atoms with Crippen molar-refractivity contribution < 1.29 is 41.1 Å². The Hall–Kier alpha value is -4.84. The van der Waals surface area contributed by atoms with Gasteiger partial charge in [0, 0.05) is 16.3 Å². The van der Waals surface area contributed by atoms with Gasteiger partial charge < -0.3 is 9.47 Å². The van der Waals surface area contributed by atoms with Crippen LogP contribution >= 0.6 is 0 Å². The Morgan fingerprint density at radius 3 is 1.93 bits per heavy atom. The van der Waals surface area contributed by atoms with Crippen molar-refractivity contribution >= 4 is 44.2 Å². The zero-order valence-electron chi connectivity index (χ0n) is 23.1. The smallest absolute Gasteiger partial charge is 0.270 e. The fourth-order valence-electron chi connectivity index (χ4n) is 4.98. The maximum Gasteiger partial charge on any atom is 0.270 e. The van der Waals surface area contributed by atoms with Crippen LogP contribution in [0.25, 0.3) is 10.8 Å². The predicted molar refractivity (Wildman–Crippen MR) is 155 cm³/mol. The van der Waals surface area contributed by atoms with Crippen LogP contribution in [-0.4, -0.2) is 39.4 Å². The maximum absolute atomic E-state index is 13.8. The second-order valence-electron chi connectivity index (χ2n) is 9.63. The molecule has 0 saturated carbocycles. The van der Waals surface area contributed by atoms with E-state index in [2.05, 4.69) is 0 Å². The lowest BCUT2D eigenvalue weighted by Crippen LogP contribution is -2.33. The number of nitrogens with zero attached hydrogens (tertiary/aromatic N) is 1. The van der Waals surface area contributed by atoms with Gasteiger partial charge in [0.25, 0.3) is 11.8 Å². The number of fused-ring (bicyclic) bond motifs is 2. The molecule has 0 spiro atoms. The Morgan fingerprint density at radius 2 is 1.40 bits per heavy atom. The number of halogens is 2. The zero-order chi connectivity index (χ0) is 30.9. The molecule has 5 rings (SSSR count). The molecule has 0 radical (unpaired) electrons. The fourth-order valence-corrected chi connectivity index (χ4v) is 6.10. The van der Waals surface area contributed by atoms with Crippen LogP contribution in [0.4, 0.5) is 14.5 Å². The van der Waals surface area contributed by atoms with Crippen LogP contribution in [-0.2, 0) is 27.0 Å². The van der Waals surface area contributed by atoms with E-state index in [0.29, 0.717) is 10.8 Å². The van der Waals surface area contributed by atoms with Crippen molar-refractivity contribution in [3.05, 3.63) is 101 Å². The quantitative estimate of drug-likeness (QED) is 0.254. The molecule has 222 valence electrons. The molecule has 0 bridgehead atoms. The molecule has 12 heteroatoms. The number of nitrogens with one attached hydrogen (secondary N) is 1. The predicted octanol–water partition coefficient (Wildman–Crippen LogP) is 4.90. The molecule has 1 N–H and O–H groups in total. The van der Waals surface area contributed by atoms with E-state index in [1.54, 1.807) is 38.1 Å². The molecule has 1 heterocycles. The van der Waals surface area contributed by atoms with Gasteiger partial charge >= 0.3 is 0 Å². The lowest BCUT2D eigenvalue weighted by atomic mass is 9.99. The summed E-state index contributed by atoms with van der Waals surface area (Å²) in [5.41, 5.74) is 0.308. The van der Waals surface area contributed by atoms with Crippen LogP contribution in [0.15, 0.2) is 66.7 Å². The molecule has 0 saturated heterocycles. The molecule has 0 aliphatic carbocycles. The van der Waals surface area contributed by atoms with Crippen LogP contribution in [0.3, 0.4) is 0 Å². The van der Waals surface area contributed by atoms with Crippen LogP contribution < -0.4 is 19.1 Å². The average Bonchev–Trinajstić information content (AvgIpc) is 3.22. The van der Waals surface area contributed by atoms with Gasteiger partial charge in [0.1, 0.15) is 23.1 Å². The summed E-state index contributed by atoms with van der Waals surface area (Å²) in [6, 6.07) is 15.3. The summed E-state index contributed by atoms with van der Waals surface area (Å²) in [4.78, 5) is 40.6. The Kier molecular flexibility index (Phi) is 8.14. The highest BCUT2D eigenvalue weighted by Gasteiger charge is 2.43. The van der Waals surface area contributed by atoms with Gasteiger partial charge in [0.2, 0.25) is 15.9 Å². The lowest BCUT2D eigenvalue weighted by Gasteiger charge is -2.15. The number of hydrogen-bond donors (Lipinski definition) is 1. The van der Waals surface area contributed by atoms with Crippen molar-refractivity contribution in [1.82, 2.24) is 4.72 Å². The van der Waals surface area contributed by atoms with E-state index < -0.39 is 51.6 Å². The highest BCUT2D eigenvalue weighted by Crippen LogP contribution is 2.46. The molecule has 9 nitrogen and oxygen atoms in total. The molecule has 4 aromatic carbocycles. The summed E-state index contributed by atoms with van der Waals surface area (Å²) in [5.74, 6) is -3.95. The van der Waals surface area contributed by atoms with E-state index in [0.717, 1.165) is 23.1 Å². The van der Waals surface area contributed by atoms with Gasteiger partial charge in [-0.25, -0.2) is 22.1 Å². The molecule has 1 aliphatic heterocycles. The Balaban J connectivity index is 1.39. The highest BCUT2D eigenvalue weighted by molar-refractivity contribution is 7.89. The molecular weight excluding hydrogens is 582 g/mol. The first-order valence-corrected chi connectivity index (χ1v) is 15.0. The summed E-state index contributed by atoms with van der Waals surface area (Å²) in [7, 11) is -4.22. The standard InChI is InChI=1S/C31H26F2N2O7S/c1-3-41-28-22-7-5-6-8-23(22)29(42-4-2)27-26(28)30(37)35(31(27)38)21-12-9-18(10-13-21)17-43(39,40)34-25(36)16-19-15-20(32)11-14-24(19)33/h5-15H,3-4,16-17H2,1-2H3,(H,34,36). The second-order valence-corrected chi connectivity index (χ2v) is 11.4. The first-order valence-electron chi connectivity index (χ1n) is 13.3. The molecular formula is C31H26F2N2O7S. The topological polar surface area (TPSA) is 119 Å². The van der Waals surface area contributed by atoms with Gasteiger partial charge in [-0.2, -0.15) is 0 Å². The first-order chi connectivity index (χ1) is 20.5. The average molecular weight is 609 g/mol. The number of carbonyl (C=O) groups is 3. The van der Waals surface area contributed by atoms with Crippen LogP contribution in [0.5, 0.6) is 11.5 Å². The minimum Gasteiger partial charge on any atom is -0.492 e. The van der Waals surface area contributed by atoms with Crippen molar-refractivity contribution in [2.24, 2.45) is 0 Å². The third kappa shape index (κ3) is 5.78. The number of anilines is 1. The lowest BCUT2D eigenvalue weighted by molar-refractivity contribution is -0.118. The van der Waals surface area contributed by atoms with Crippen molar-refractivity contribution in [2.75, 3.05) is 18.1 Å². The maximum atomic E-state index is 13.8. The molecule has 0 unspecified atom stereocenters. The normalized spacial score (nSPS) is 12.9. The van der Waals surface area contributed by atoms with Gasteiger partial charge in [0.05, 0.1) is 42.2 Å². The summed E-state index contributed by atoms with van der Waals surface area (Å²) < 4.78 is 66.0. The second kappa shape index (κ2) is 11.8. The van der Waals surface area contributed by atoms with Crippen molar-refractivity contribution in [2.45, 2.75) is 26.0 Å². The number of ether oxygens (including phenoxy) is 2. The Labute approximate surface area is 246 Å². The third-order valence-electron chi connectivity index (χ3n) is 6.71.